The lowest BCUT2D eigenvalue weighted by molar-refractivity contribution is 0.297. The van der Waals surface area contributed by atoms with Crippen LogP contribution < -0.4 is 14.8 Å². The lowest BCUT2D eigenvalue weighted by Crippen LogP contribution is -2.20. The predicted octanol–water partition coefficient (Wildman–Crippen LogP) is 3.44. The number of rotatable bonds is 10. The normalized spacial score (nSPS) is 9.53. The zero-order chi connectivity index (χ0) is 13.1. The Kier molecular flexibility index (Phi) is 11.1. The Morgan fingerprint density at radius 2 is 1.89 bits per heavy atom. The molecule has 0 heterocycles. The number of benzene rings is 1. The van der Waals surface area contributed by atoms with Crippen molar-refractivity contribution in [1.82, 2.24) is 5.32 Å². The Hall–Kier alpha value is -1.19. The molecule has 0 atom stereocenters. The quantitative estimate of drug-likeness (QED) is 0.528. The van der Waals surface area contributed by atoms with Gasteiger partial charge in [-0.3, -0.25) is 0 Å². The van der Waals surface area contributed by atoms with Gasteiger partial charge in [0.2, 0.25) is 0 Å². The fourth-order valence-corrected chi connectivity index (χ4v) is 1.43. The molecule has 0 amide bonds. The summed E-state index contributed by atoms with van der Waals surface area (Å²) in [6.07, 6.45) is 4.06. The summed E-state index contributed by atoms with van der Waals surface area (Å²) in [6.45, 7) is 8.83. The van der Waals surface area contributed by atoms with Crippen LogP contribution in [0.3, 0.4) is 0 Å². The Balaban J connectivity index is 0.00000324. The highest BCUT2D eigenvalue weighted by Gasteiger charge is 1.97. The van der Waals surface area contributed by atoms with Crippen molar-refractivity contribution in [2.24, 2.45) is 0 Å². The van der Waals surface area contributed by atoms with E-state index in [9.17, 15) is 0 Å². The van der Waals surface area contributed by atoms with Crippen LogP contribution >= 0.6 is 12.4 Å². The second-order valence-corrected chi connectivity index (χ2v) is 4.02. The van der Waals surface area contributed by atoms with Gasteiger partial charge in [0.05, 0.1) is 6.61 Å². The third-order valence-electron chi connectivity index (χ3n) is 2.41. The molecule has 0 aliphatic rings. The minimum Gasteiger partial charge on any atom is -0.493 e. The van der Waals surface area contributed by atoms with Crippen molar-refractivity contribution >= 4 is 12.4 Å². The molecular formula is C15H24ClNO2. The fourth-order valence-electron chi connectivity index (χ4n) is 1.43. The zero-order valence-corrected chi connectivity index (χ0v) is 12.4. The van der Waals surface area contributed by atoms with Crippen LogP contribution in [0.25, 0.3) is 0 Å². The molecule has 0 saturated heterocycles. The molecule has 19 heavy (non-hydrogen) atoms. The average molecular weight is 286 g/mol. The van der Waals surface area contributed by atoms with Crippen LogP contribution in [-0.4, -0.2) is 26.3 Å². The number of hydrogen-bond acceptors (Lipinski definition) is 3. The largest absolute Gasteiger partial charge is 0.493 e. The summed E-state index contributed by atoms with van der Waals surface area (Å²) < 4.78 is 11.2. The molecule has 1 rings (SSSR count). The number of halogens is 1. The van der Waals surface area contributed by atoms with E-state index in [1.54, 1.807) is 0 Å². The van der Waals surface area contributed by atoms with Crippen molar-refractivity contribution in [2.75, 3.05) is 26.3 Å². The van der Waals surface area contributed by atoms with Crippen LogP contribution in [0.5, 0.6) is 11.5 Å². The molecule has 4 heteroatoms. The van der Waals surface area contributed by atoms with Gasteiger partial charge in [-0.1, -0.05) is 25.5 Å². The maximum atomic E-state index is 5.62. The van der Waals surface area contributed by atoms with Gasteiger partial charge in [-0.05, 0) is 18.6 Å². The van der Waals surface area contributed by atoms with Gasteiger partial charge in [0.25, 0.3) is 0 Å². The van der Waals surface area contributed by atoms with Gasteiger partial charge in [-0.25, -0.2) is 0 Å². The third kappa shape index (κ3) is 8.51. The number of unbranched alkanes of at least 4 members (excludes halogenated alkanes) is 1. The van der Waals surface area contributed by atoms with Crippen LogP contribution in [0, 0.1) is 0 Å². The van der Waals surface area contributed by atoms with Gasteiger partial charge in [0.1, 0.15) is 18.1 Å². The van der Waals surface area contributed by atoms with Crippen LogP contribution in [0.15, 0.2) is 36.9 Å². The van der Waals surface area contributed by atoms with Crippen LogP contribution in [0.1, 0.15) is 19.8 Å². The Morgan fingerprint density at radius 3 is 2.53 bits per heavy atom. The van der Waals surface area contributed by atoms with Gasteiger partial charge in [0.15, 0.2) is 0 Å². The fraction of sp³-hybridized carbons (Fsp3) is 0.467. The second-order valence-electron chi connectivity index (χ2n) is 4.02. The van der Waals surface area contributed by atoms with Crippen molar-refractivity contribution in [1.29, 1.82) is 0 Å². The Labute approximate surface area is 122 Å². The van der Waals surface area contributed by atoms with Crippen LogP contribution in [-0.2, 0) is 0 Å². The molecule has 0 spiro atoms. The smallest absolute Gasteiger partial charge is 0.123 e. The minimum atomic E-state index is 0. The van der Waals surface area contributed by atoms with E-state index in [4.69, 9.17) is 9.47 Å². The molecule has 0 aliphatic heterocycles. The molecule has 3 nitrogen and oxygen atoms in total. The van der Waals surface area contributed by atoms with Gasteiger partial charge in [-0.2, -0.15) is 0 Å². The maximum Gasteiger partial charge on any atom is 0.123 e. The van der Waals surface area contributed by atoms with Crippen molar-refractivity contribution in [3.8, 4) is 11.5 Å². The molecule has 1 aromatic rings. The molecular weight excluding hydrogens is 262 g/mol. The average Bonchev–Trinajstić information content (AvgIpc) is 2.39. The van der Waals surface area contributed by atoms with E-state index in [0.29, 0.717) is 6.61 Å². The molecule has 0 radical (unpaired) electrons. The summed E-state index contributed by atoms with van der Waals surface area (Å²) in [7, 11) is 0. The highest BCUT2D eigenvalue weighted by molar-refractivity contribution is 5.85. The molecule has 1 N–H and O–H groups in total. The molecule has 0 aromatic heterocycles. The van der Waals surface area contributed by atoms with E-state index >= 15 is 0 Å². The van der Waals surface area contributed by atoms with Crippen molar-refractivity contribution < 1.29 is 9.47 Å². The Bertz CT molecular complexity index is 345. The summed E-state index contributed by atoms with van der Waals surface area (Å²) >= 11 is 0. The molecule has 0 fully saturated rings. The van der Waals surface area contributed by atoms with Gasteiger partial charge < -0.3 is 14.8 Å². The Morgan fingerprint density at radius 1 is 1.21 bits per heavy atom. The second kappa shape index (κ2) is 11.9. The van der Waals surface area contributed by atoms with E-state index in [-0.39, 0.29) is 12.4 Å². The first-order chi connectivity index (χ1) is 8.86. The first kappa shape index (κ1) is 17.8. The molecule has 108 valence electrons. The molecule has 0 saturated carbocycles. The minimum absolute atomic E-state index is 0. The highest BCUT2D eigenvalue weighted by Crippen LogP contribution is 2.19. The molecule has 1 aromatic carbocycles. The van der Waals surface area contributed by atoms with E-state index in [1.165, 1.54) is 0 Å². The van der Waals surface area contributed by atoms with Crippen LogP contribution in [0.2, 0.25) is 0 Å². The standard InChI is InChI=1S/C15H23NO2.ClH/c1-3-5-11-17-14-7-6-8-15(13-14)18-12-10-16-9-4-2;/h4,6-8,13,16H,2-3,5,9-12H2,1H3;1H. The van der Waals surface area contributed by atoms with Gasteiger partial charge in [-0.15, -0.1) is 19.0 Å². The van der Waals surface area contributed by atoms with Gasteiger partial charge in [0, 0.05) is 19.2 Å². The number of nitrogens with one attached hydrogen (secondary N) is 1. The van der Waals surface area contributed by atoms with Crippen molar-refractivity contribution in [3.05, 3.63) is 36.9 Å². The van der Waals surface area contributed by atoms with E-state index in [2.05, 4.69) is 18.8 Å². The maximum absolute atomic E-state index is 5.62. The van der Waals surface area contributed by atoms with E-state index in [1.807, 2.05) is 30.3 Å². The van der Waals surface area contributed by atoms with Crippen LogP contribution in [0.4, 0.5) is 0 Å². The summed E-state index contributed by atoms with van der Waals surface area (Å²) in [4.78, 5) is 0. The first-order valence-electron chi connectivity index (χ1n) is 6.54. The van der Waals surface area contributed by atoms with Crippen molar-refractivity contribution in [2.45, 2.75) is 19.8 Å². The first-order valence-corrected chi connectivity index (χ1v) is 6.54. The number of hydrogen-bond donors (Lipinski definition) is 1. The zero-order valence-electron chi connectivity index (χ0n) is 11.6. The summed E-state index contributed by atoms with van der Waals surface area (Å²) in [5, 5.41) is 3.19. The number of ether oxygens (including phenoxy) is 2. The topological polar surface area (TPSA) is 30.5 Å². The highest BCUT2D eigenvalue weighted by atomic mass is 35.5. The monoisotopic (exact) mass is 285 g/mol. The summed E-state index contributed by atoms with van der Waals surface area (Å²) in [5.74, 6) is 1.73. The van der Waals surface area contributed by atoms with E-state index in [0.717, 1.165) is 44.0 Å². The van der Waals surface area contributed by atoms with Gasteiger partial charge >= 0.3 is 0 Å². The molecule has 0 bridgehead atoms. The lowest BCUT2D eigenvalue weighted by Gasteiger charge is -2.09. The third-order valence-corrected chi connectivity index (χ3v) is 2.41. The summed E-state index contributed by atoms with van der Waals surface area (Å²) in [5.41, 5.74) is 0. The SMILES string of the molecule is C=CCNCCOc1cccc(OCCCC)c1.Cl. The summed E-state index contributed by atoms with van der Waals surface area (Å²) in [6, 6.07) is 7.79. The van der Waals surface area contributed by atoms with Crippen molar-refractivity contribution in [3.63, 3.8) is 0 Å². The van der Waals surface area contributed by atoms with E-state index < -0.39 is 0 Å². The molecule has 0 aliphatic carbocycles. The predicted molar refractivity (Wildman–Crippen MR) is 82.7 cm³/mol. The lowest BCUT2D eigenvalue weighted by atomic mass is 10.3. The molecule has 0 unspecified atom stereocenters.